The van der Waals surface area contributed by atoms with Gasteiger partial charge in [0.15, 0.2) is 5.78 Å². The van der Waals surface area contributed by atoms with Crippen LogP contribution in [0.4, 0.5) is 0 Å². The van der Waals surface area contributed by atoms with Crippen LogP contribution in [0.1, 0.15) is 9.67 Å². The number of carbonyl (C=O) groups is 1. The standard InChI is InChI=1S/C10H6Br2N2O2S/c11-6-1-2-17-9(6)8(15)4-14-5-13-3-7(12)10(14)16/h1-3,5H,4H2. The Balaban J connectivity index is 2.28. The fourth-order valence-electron chi connectivity index (χ4n) is 1.26. The molecule has 0 aliphatic rings. The van der Waals surface area contributed by atoms with Gasteiger partial charge in [0.1, 0.15) is 4.47 Å². The van der Waals surface area contributed by atoms with E-state index >= 15 is 0 Å². The summed E-state index contributed by atoms with van der Waals surface area (Å²) < 4.78 is 2.38. The summed E-state index contributed by atoms with van der Waals surface area (Å²) >= 11 is 7.72. The fourth-order valence-corrected chi connectivity index (χ4v) is 3.13. The monoisotopic (exact) mass is 376 g/mol. The van der Waals surface area contributed by atoms with E-state index in [1.54, 1.807) is 6.07 Å². The van der Waals surface area contributed by atoms with Crippen molar-refractivity contribution >= 4 is 49.0 Å². The molecule has 0 unspecified atom stereocenters. The Labute approximate surface area is 118 Å². The molecule has 0 spiro atoms. The lowest BCUT2D eigenvalue weighted by Gasteiger charge is -2.03. The molecule has 0 aromatic carbocycles. The lowest BCUT2D eigenvalue weighted by atomic mass is 10.3. The van der Waals surface area contributed by atoms with Crippen LogP contribution in [0.3, 0.4) is 0 Å². The molecule has 0 fully saturated rings. The molecule has 17 heavy (non-hydrogen) atoms. The maximum absolute atomic E-state index is 11.9. The lowest BCUT2D eigenvalue weighted by molar-refractivity contribution is 0.0973. The average Bonchev–Trinajstić information content (AvgIpc) is 2.71. The molecule has 0 amide bonds. The van der Waals surface area contributed by atoms with E-state index in [-0.39, 0.29) is 17.9 Å². The zero-order chi connectivity index (χ0) is 12.4. The minimum Gasteiger partial charge on any atom is -0.291 e. The second kappa shape index (κ2) is 5.24. The first kappa shape index (κ1) is 12.7. The van der Waals surface area contributed by atoms with Crippen molar-refractivity contribution < 1.29 is 4.79 Å². The molecular weight excluding hydrogens is 372 g/mol. The molecule has 2 aromatic rings. The van der Waals surface area contributed by atoms with Crippen molar-refractivity contribution in [2.75, 3.05) is 0 Å². The van der Waals surface area contributed by atoms with Crippen LogP contribution in [0.2, 0.25) is 0 Å². The molecule has 0 saturated carbocycles. The molecule has 0 aliphatic carbocycles. The molecule has 0 bridgehead atoms. The summed E-state index contributed by atoms with van der Waals surface area (Å²) in [6.45, 7) is -0.00954. The van der Waals surface area contributed by atoms with E-state index in [1.807, 2.05) is 5.38 Å². The fraction of sp³-hybridized carbons (Fsp3) is 0.100. The van der Waals surface area contributed by atoms with Gasteiger partial charge in [-0.05, 0) is 43.3 Å². The molecule has 7 heteroatoms. The zero-order valence-corrected chi connectivity index (χ0v) is 12.4. The third-order valence-electron chi connectivity index (χ3n) is 2.04. The lowest BCUT2D eigenvalue weighted by Crippen LogP contribution is -2.24. The van der Waals surface area contributed by atoms with Gasteiger partial charge in [0.25, 0.3) is 5.56 Å². The predicted octanol–water partition coefficient (Wildman–Crippen LogP) is 2.71. The number of ketones is 1. The van der Waals surface area contributed by atoms with Crippen molar-refractivity contribution in [2.45, 2.75) is 6.54 Å². The van der Waals surface area contributed by atoms with Gasteiger partial charge >= 0.3 is 0 Å². The summed E-state index contributed by atoms with van der Waals surface area (Å²) in [5.41, 5.74) is -0.263. The quantitative estimate of drug-likeness (QED) is 0.772. The zero-order valence-electron chi connectivity index (χ0n) is 8.39. The van der Waals surface area contributed by atoms with Gasteiger partial charge < -0.3 is 0 Å². The van der Waals surface area contributed by atoms with Crippen molar-refractivity contribution in [2.24, 2.45) is 0 Å². The first-order valence-electron chi connectivity index (χ1n) is 4.55. The largest absolute Gasteiger partial charge is 0.291 e. The highest BCUT2D eigenvalue weighted by Gasteiger charge is 2.13. The van der Waals surface area contributed by atoms with Crippen molar-refractivity contribution in [1.29, 1.82) is 0 Å². The number of hydrogen-bond acceptors (Lipinski definition) is 4. The molecule has 2 aromatic heterocycles. The number of hydrogen-bond donors (Lipinski definition) is 0. The number of nitrogens with zero attached hydrogens (tertiary/aromatic N) is 2. The summed E-state index contributed by atoms with van der Waals surface area (Å²) in [6, 6.07) is 1.81. The first-order valence-corrected chi connectivity index (χ1v) is 7.02. The summed E-state index contributed by atoms with van der Waals surface area (Å²) in [5.74, 6) is -0.117. The van der Waals surface area contributed by atoms with E-state index in [4.69, 9.17) is 0 Å². The van der Waals surface area contributed by atoms with Crippen LogP contribution in [-0.2, 0) is 6.54 Å². The van der Waals surface area contributed by atoms with Crippen molar-refractivity contribution in [3.8, 4) is 0 Å². The van der Waals surface area contributed by atoms with Crippen LogP contribution in [0, 0.1) is 0 Å². The Morgan fingerprint density at radius 3 is 2.82 bits per heavy atom. The summed E-state index contributed by atoms with van der Waals surface area (Å²) in [5, 5.41) is 1.82. The van der Waals surface area contributed by atoms with E-state index in [9.17, 15) is 9.59 Å². The molecule has 0 atom stereocenters. The molecule has 88 valence electrons. The van der Waals surface area contributed by atoms with Gasteiger partial charge in [-0.3, -0.25) is 14.2 Å². The van der Waals surface area contributed by atoms with E-state index in [0.717, 1.165) is 4.47 Å². The maximum Gasteiger partial charge on any atom is 0.268 e. The third-order valence-corrected chi connectivity index (χ3v) is 4.47. The number of Topliss-reactive ketones (excluding diaryl/α,β-unsaturated/α-hetero) is 1. The molecule has 0 radical (unpaired) electrons. The van der Waals surface area contributed by atoms with Crippen LogP contribution in [0.5, 0.6) is 0 Å². The van der Waals surface area contributed by atoms with Crippen molar-refractivity contribution in [1.82, 2.24) is 9.55 Å². The van der Waals surface area contributed by atoms with E-state index in [1.165, 1.54) is 28.4 Å². The van der Waals surface area contributed by atoms with Crippen LogP contribution < -0.4 is 5.56 Å². The number of thiophene rings is 1. The summed E-state index contributed by atoms with van der Waals surface area (Å²) in [6.07, 6.45) is 2.76. The number of aromatic nitrogens is 2. The Bertz CT molecular complexity index is 621. The van der Waals surface area contributed by atoms with E-state index in [2.05, 4.69) is 36.8 Å². The highest BCUT2D eigenvalue weighted by atomic mass is 79.9. The number of carbonyl (C=O) groups excluding carboxylic acids is 1. The van der Waals surface area contributed by atoms with Crippen LogP contribution >= 0.6 is 43.2 Å². The molecule has 0 aliphatic heterocycles. The molecule has 0 saturated heterocycles. The van der Waals surface area contributed by atoms with Gasteiger partial charge in [-0.1, -0.05) is 0 Å². The van der Waals surface area contributed by atoms with E-state index < -0.39 is 0 Å². The predicted molar refractivity (Wildman–Crippen MR) is 72.5 cm³/mol. The number of rotatable bonds is 3. The first-order chi connectivity index (χ1) is 8.09. The molecule has 2 rings (SSSR count). The molecule has 2 heterocycles. The summed E-state index contributed by atoms with van der Waals surface area (Å²) in [7, 11) is 0. The minimum absolute atomic E-state index is 0.00954. The van der Waals surface area contributed by atoms with Gasteiger partial charge in [-0.15, -0.1) is 11.3 Å². The SMILES string of the molecule is O=C(Cn1cncc(Br)c1=O)c1sccc1Br. The second-order valence-corrected chi connectivity index (χ2v) is 5.82. The smallest absolute Gasteiger partial charge is 0.268 e. The Morgan fingerprint density at radius 2 is 2.18 bits per heavy atom. The highest BCUT2D eigenvalue weighted by molar-refractivity contribution is 9.10. The van der Waals surface area contributed by atoms with Crippen LogP contribution in [0.25, 0.3) is 0 Å². The van der Waals surface area contributed by atoms with Crippen molar-refractivity contribution in [3.05, 3.63) is 48.1 Å². The van der Waals surface area contributed by atoms with Crippen LogP contribution in [-0.4, -0.2) is 15.3 Å². The highest BCUT2D eigenvalue weighted by Crippen LogP contribution is 2.23. The Hall–Kier alpha value is -0.790. The topological polar surface area (TPSA) is 52.0 Å². The molecule has 4 nitrogen and oxygen atoms in total. The van der Waals surface area contributed by atoms with Gasteiger partial charge in [-0.2, -0.15) is 0 Å². The van der Waals surface area contributed by atoms with Gasteiger partial charge in [-0.25, -0.2) is 4.98 Å². The maximum atomic E-state index is 11.9. The average molecular weight is 378 g/mol. The second-order valence-electron chi connectivity index (χ2n) is 3.20. The minimum atomic E-state index is -0.263. The number of halogens is 2. The molecular formula is C10H6Br2N2O2S. The third kappa shape index (κ3) is 2.72. The van der Waals surface area contributed by atoms with Crippen LogP contribution in [0.15, 0.2) is 37.7 Å². The Kier molecular flexibility index (Phi) is 3.90. The van der Waals surface area contributed by atoms with Gasteiger partial charge in [0, 0.05) is 10.7 Å². The molecule has 0 N–H and O–H groups in total. The summed E-state index contributed by atoms with van der Waals surface area (Å²) in [4.78, 5) is 28.1. The normalized spacial score (nSPS) is 10.5. The Morgan fingerprint density at radius 1 is 1.41 bits per heavy atom. The van der Waals surface area contributed by atoms with E-state index in [0.29, 0.717) is 9.35 Å². The van der Waals surface area contributed by atoms with Gasteiger partial charge in [0.05, 0.1) is 17.7 Å². The van der Waals surface area contributed by atoms with Crippen molar-refractivity contribution in [3.63, 3.8) is 0 Å². The van der Waals surface area contributed by atoms with Gasteiger partial charge in [0.2, 0.25) is 0 Å².